The van der Waals surface area contributed by atoms with Crippen molar-refractivity contribution >= 4 is 28.2 Å². The Bertz CT molecular complexity index is 577. The summed E-state index contributed by atoms with van der Waals surface area (Å²) in [5.41, 5.74) is 0.747. The van der Waals surface area contributed by atoms with Crippen LogP contribution < -0.4 is 5.32 Å². The lowest BCUT2D eigenvalue weighted by atomic mass is 10.1. The molecule has 0 bridgehead atoms. The van der Waals surface area contributed by atoms with Crippen molar-refractivity contribution in [2.24, 2.45) is 0 Å². The molecule has 0 unspecified atom stereocenters. The van der Waals surface area contributed by atoms with Crippen LogP contribution >= 0.6 is 11.6 Å². The monoisotopic (exact) mass is 296 g/mol. The minimum atomic E-state index is -0.361. The maximum atomic E-state index is 14.3. The number of aliphatic hydroxyl groups excluding tert-OH is 1. The minimum Gasteiger partial charge on any atom is -0.396 e. The van der Waals surface area contributed by atoms with Crippen LogP contribution in [-0.2, 0) is 0 Å². The lowest BCUT2D eigenvalue weighted by molar-refractivity contribution is 0.283. The minimum absolute atomic E-state index is 0.235. The molecule has 2 N–H and O–H groups in total. The van der Waals surface area contributed by atoms with Crippen molar-refractivity contribution in [3.05, 3.63) is 35.2 Å². The van der Waals surface area contributed by atoms with Crippen molar-refractivity contribution in [2.75, 3.05) is 18.5 Å². The highest BCUT2D eigenvalue weighted by Gasteiger charge is 2.09. The predicted octanol–water partition coefficient (Wildman–Crippen LogP) is 3.99. The first-order valence-corrected chi connectivity index (χ1v) is 7.19. The molecule has 3 nitrogen and oxygen atoms in total. The highest BCUT2D eigenvalue weighted by molar-refractivity contribution is 6.35. The summed E-state index contributed by atoms with van der Waals surface area (Å²) >= 11 is 6.01. The SMILES string of the molecule is OCCCCCCNc1ccc2c(Cl)ccnc2c1F. The van der Waals surface area contributed by atoms with Crippen molar-refractivity contribution in [1.29, 1.82) is 0 Å². The summed E-state index contributed by atoms with van der Waals surface area (Å²) in [6, 6.07) is 5.12. The lowest BCUT2D eigenvalue weighted by Crippen LogP contribution is -2.04. The quantitative estimate of drug-likeness (QED) is 0.759. The van der Waals surface area contributed by atoms with E-state index in [4.69, 9.17) is 16.7 Å². The summed E-state index contributed by atoms with van der Waals surface area (Å²) in [7, 11) is 0. The van der Waals surface area contributed by atoms with Crippen molar-refractivity contribution in [3.63, 3.8) is 0 Å². The number of hydrogen-bond donors (Lipinski definition) is 2. The van der Waals surface area contributed by atoms with Gasteiger partial charge in [0.1, 0.15) is 5.52 Å². The van der Waals surface area contributed by atoms with E-state index in [1.807, 2.05) is 0 Å². The number of nitrogens with one attached hydrogen (secondary N) is 1. The first-order valence-electron chi connectivity index (χ1n) is 6.81. The number of pyridine rings is 1. The number of anilines is 1. The van der Waals surface area contributed by atoms with Crippen LogP contribution in [0.15, 0.2) is 24.4 Å². The molecule has 2 aromatic rings. The summed E-state index contributed by atoms with van der Waals surface area (Å²) in [6.07, 6.45) is 5.29. The van der Waals surface area contributed by atoms with Gasteiger partial charge in [-0.2, -0.15) is 0 Å². The first kappa shape index (κ1) is 15.0. The van der Waals surface area contributed by atoms with Crippen LogP contribution in [0.3, 0.4) is 0 Å². The van der Waals surface area contributed by atoms with Crippen LogP contribution in [0.1, 0.15) is 25.7 Å². The second-order valence-electron chi connectivity index (χ2n) is 4.68. The standard InChI is InChI=1S/C15H18ClFN2O/c16-12-7-9-19-15-11(12)5-6-13(14(15)17)18-8-3-1-2-4-10-20/h5-7,9,18,20H,1-4,8,10H2. The van der Waals surface area contributed by atoms with E-state index in [0.29, 0.717) is 28.2 Å². The number of aromatic nitrogens is 1. The van der Waals surface area contributed by atoms with E-state index in [1.165, 1.54) is 6.20 Å². The molecule has 1 aromatic heterocycles. The average molecular weight is 297 g/mol. The van der Waals surface area contributed by atoms with E-state index in [1.54, 1.807) is 18.2 Å². The van der Waals surface area contributed by atoms with Crippen LogP contribution in [-0.4, -0.2) is 23.2 Å². The highest BCUT2D eigenvalue weighted by atomic mass is 35.5. The van der Waals surface area contributed by atoms with Gasteiger partial charge in [0.05, 0.1) is 10.7 Å². The van der Waals surface area contributed by atoms with Gasteiger partial charge in [-0.25, -0.2) is 4.39 Å². The molecule has 0 fully saturated rings. The van der Waals surface area contributed by atoms with Crippen LogP contribution in [0.25, 0.3) is 10.9 Å². The van der Waals surface area contributed by atoms with E-state index >= 15 is 0 Å². The Morgan fingerprint density at radius 3 is 2.75 bits per heavy atom. The van der Waals surface area contributed by atoms with Crippen molar-refractivity contribution in [3.8, 4) is 0 Å². The zero-order valence-corrected chi connectivity index (χ0v) is 12.0. The molecule has 1 heterocycles. The van der Waals surface area contributed by atoms with Gasteiger partial charge in [-0.05, 0) is 31.0 Å². The lowest BCUT2D eigenvalue weighted by Gasteiger charge is -2.09. The topological polar surface area (TPSA) is 45.1 Å². The van der Waals surface area contributed by atoms with Gasteiger partial charge >= 0.3 is 0 Å². The number of unbranched alkanes of at least 4 members (excludes halogenated alkanes) is 3. The van der Waals surface area contributed by atoms with Gasteiger partial charge in [-0.1, -0.05) is 24.4 Å². The van der Waals surface area contributed by atoms with E-state index in [-0.39, 0.29) is 12.4 Å². The molecule has 1 aromatic carbocycles. The van der Waals surface area contributed by atoms with Crippen molar-refractivity contribution < 1.29 is 9.50 Å². The Hall–Kier alpha value is -1.39. The predicted molar refractivity (Wildman–Crippen MR) is 80.8 cm³/mol. The van der Waals surface area contributed by atoms with Gasteiger partial charge in [0.2, 0.25) is 0 Å². The zero-order valence-electron chi connectivity index (χ0n) is 11.2. The smallest absolute Gasteiger partial charge is 0.172 e. The molecule has 0 aliphatic carbocycles. The number of benzene rings is 1. The van der Waals surface area contributed by atoms with Gasteiger partial charge < -0.3 is 10.4 Å². The molecule has 0 aliphatic heterocycles. The van der Waals surface area contributed by atoms with Crippen LogP contribution in [0.2, 0.25) is 5.02 Å². The number of nitrogens with zero attached hydrogens (tertiary/aromatic N) is 1. The molecule has 5 heteroatoms. The zero-order chi connectivity index (χ0) is 14.4. The molecule has 0 spiro atoms. The normalized spacial score (nSPS) is 10.9. The number of hydrogen-bond acceptors (Lipinski definition) is 3. The fraction of sp³-hybridized carbons (Fsp3) is 0.400. The molecule has 0 saturated heterocycles. The Morgan fingerprint density at radius 2 is 1.95 bits per heavy atom. The maximum Gasteiger partial charge on any atom is 0.172 e. The van der Waals surface area contributed by atoms with Crippen molar-refractivity contribution in [2.45, 2.75) is 25.7 Å². The molecule has 0 amide bonds. The summed E-state index contributed by atoms with van der Waals surface area (Å²) in [5, 5.41) is 12.9. The first-order chi connectivity index (χ1) is 9.74. The third kappa shape index (κ3) is 3.58. The second kappa shape index (κ2) is 7.41. The summed E-state index contributed by atoms with van der Waals surface area (Å²) < 4.78 is 14.3. The third-order valence-electron chi connectivity index (χ3n) is 3.20. The Balaban J connectivity index is 1.99. The van der Waals surface area contributed by atoms with Gasteiger partial charge in [-0.15, -0.1) is 0 Å². The molecule has 108 valence electrons. The van der Waals surface area contributed by atoms with Gasteiger partial charge in [-0.3, -0.25) is 4.98 Å². The van der Waals surface area contributed by atoms with Gasteiger partial charge in [0, 0.05) is 24.7 Å². The Morgan fingerprint density at radius 1 is 1.15 bits per heavy atom. The van der Waals surface area contributed by atoms with E-state index < -0.39 is 0 Å². The fourth-order valence-electron chi connectivity index (χ4n) is 2.10. The molecule has 0 saturated carbocycles. The van der Waals surface area contributed by atoms with Crippen LogP contribution in [0.5, 0.6) is 0 Å². The summed E-state index contributed by atoms with van der Waals surface area (Å²) in [6.45, 7) is 0.938. The Labute approximate surface area is 122 Å². The molecular formula is C15H18ClFN2O. The molecule has 0 radical (unpaired) electrons. The molecular weight excluding hydrogens is 279 g/mol. The molecule has 20 heavy (non-hydrogen) atoms. The molecule has 0 atom stereocenters. The summed E-state index contributed by atoms with van der Waals surface area (Å²) in [5.74, 6) is -0.361. The van der Waals surface area contributed by atoms with Crippen LogP contribution in [0, 0.1) is 5.82 Å². The highest BCUT2D eigenvalue weighted by Crippen LogP contribution is 2.27. The fourth-order valence-corrected chi connectivity index (χ4v) is 2.31. The molecule has 2 rings (SSSR count). The van der Waals surface area contributed by atoms with E-state index in [0.717, 1.165) is 25.7 Å². The third-order valence-corrected chi connectivity index (χ3v) is 3.53. The second-order valence-corrected chi connectivity index (χ2v) is 5.09. The maximum absolute atomic E-state index is 14.3. The van der Waals surface area contributed by atoms with Gasteiger partial charge in [0.25, 0.3) is 0 Å². The largest absolute Gasteiger partial charge is 0.396 e. The average Bonchev–Trinajstić information content (AvgIpc) is 2.45. The number of aliphatic hydroxyl groups is 1. The van der Waals surface area contributed by atoms with Crippen molar-refractivity contribution in [1.82, 2.24) is 4.98 Å². The number of fused-ring (bicyclic) bond motifs is 1. The van der Waals surface area contributed by atoms with Gasteiger partial charge in [0.15, 0.2) is 5.82 Å². The number of rotatable bonds is 7. The Kier molecular flexibility index (Phi) is 5.56. The van der Waals surface area contributed by atoms with Crippen LogP contribution in [0.4, 0.5) is 10.1 Å². The van der Waals surface area contributed by atoms with E-state index in [9.17, 15) is 4.39 Å². The molecule has 0 aliphatic rings. The van der Waals surface area contributed by atoms with E-state index in [2.05, 4.69) is 10.3 Å². The summed E-state index contributed by atoms with van der Waals surface area (Å²) in [4.78, 5) is 4.04. The number of halogens is 2.